The lowest BCUT2D eigenvalue weighted by Crippen LogP contribution is -2.21. The van der Waals surface area contributed by atoms with Crippen LogP contribution in [0.25, 0.3) is 5.57 Å². The van der Waals surface area contributed by atoms with E-state index in [9.17, 15) is 0 Å². The zero-order valence-electron chi connectivity index (χ0n) is 10.5. The highest BCUT2D eigenvalue weighted by Crippen LogP contribution is 2.27. The SMILES string of the molecule is COc1ccc(/C(C)=C/COC(=N)C(Cl)(Cl)Cl)cc1. The van der Waals surface area contributed by atoms with Crippen molar-refractivity contribution in [2.24, 2.45) is 0 Å². The van der Waals surface area contributed by atoms with Gasteiger partial charge in [0.2, 0.25) is 5.90 Å². The molecule has 0 spiro atoms. The van der Waals surface area contributed by atoms with Gasteiger partial charge in [-0.1, -0.05) is 46.9 Å². The van der Waals surface area contributed by atoms with Crippen LogP contribution < -0.4 is 4.74 Å². The zero-order valence-corrected chi connectivity index (χ0v) is 12.8. The molecule has 1 aromatic carbocycles. The van der Waals surface area contributed by atoms with Gasteiger partial charge < -0.3 is 9.47 Å². The molecule has 0 radical (unpaired) electrons. The minimum atomic E-state index is -1.82. The number of alkyl halides is 3. The fourth-order valence-corrected chi connectivity index (χ4v) is 1.47. The van der Waals surface area contributed by atoms with Crippen LogP contribution in [0.4, 0.5) is 0 Å². The van der Waals surface area contributed by atoms with Crippen molar-refractivity contribution in [3.05, 3.63) is 35.9 Å². The third kappa shape index (κ3) is 5.31. The van der Waals surface area contributed by atoms with Crippen LogP contribution in [0.3, 0.4) is 0 Å². The molecule has 0 atom stereocenters. The maximum absolute atomic E-state index is 7.38. The second-order valence-electron chi connectivity index (χ2n) is 3.75. The fourth-order valence-electron chi connectivity index (χ4n) is 1.30. The number of methoxy groups -OCH3 is 1. The third-order valence-corrected chi connectivity index (χ3v) is 2.93. The van der Waals surface area contributed by atoms with Crippen molar-refractivity contribution >= 4 is 46.3 Å². The van der Waals surface area contributed by atoms with E-state index in [1.807, 2.05) is 37.3 Å². The van der Waals surface area contributed by atoms with Crippen LogP contribution in [0.15, 0.2) is 30.3 Å². The summed E-state index contributed by atoms with van der Waals surface area (Å²) in [5.41, 5.74) is 2.03. The molecule has 3 nitrogen and oxygen atoms in total. The van der Waals surface area contributed by atoms with Crippen molar-refractivity contribution in [2.75, 3.05) is 13.7 Å². The summed E-state index contributed by atoms with van der Waals surface area (Å²) < 4.78 is 8.29. The molecule has 0 heterocycles. The molecule has 0 aliphatic rings. The van der Waals surface area contributed by atoms with E-state index in [1.54, 1.807) is 7.11 Å². The quantitative estimate of drug-likeness (QED) is 0.505. The van der Waals surface area contributed by atoms with E-state index in [2.05, 4.69) is 0 Å². The van der Waals surface area contributed by atoms with Crippen molar-refractivity contribution in [1.82, 2.24) is 0 Å². The molecule has 104 valence electrons. The van der Waals surface area contributed by atoms with Gasteiger partial charge in [0.25, 0.3) is 3.79 Å². The topological polar surface area (TPSA) is 42.3 Å². The highest BCUT2D eigenvalue weighted by atomic mass is 35.6. The average Bonchev–Trinajstić information content (AvgIpc) is 2.37. The van der Waals surface area contributed by atoms with Crippen LogP contribution in [0.1, 0.15) is 12.5 Å². The minimum Gasteiger partial charge on any atom is -0.497 e. The molecule has 19 heavy (non-hydrogen) atoms. The molecule has 0 aliphatic carbocycles. The number of rotatable bonds is 4. The molecule has 0 aromatic heterocycles. The molecule has 1 N–H and O–H groups in total. The van der Waals surface area contributed by atoms with Crippen molar-refractivity contribution in [2.45, 2.75) is 10.7 Å². The highest BCUT2D eigenvalue weighted by molar-refractivity contribution is 6.76. The Bertz CT molecular complexity index is 464. The maximum Gasteiger partial charge on any atom is 0.265 e. The molecule has 0 aliphatic heterocycles. The van der Waals surface area contributed by atoms with E-state index in [0.717, 1.165) is 16.9 Å². The Morgan fingerprint density at radius 2 is 1.84 bits per heavy atom. The van der Waals surface area contributed by atoms with Gasteiger partial charge in [0.05, 0.1) is 7.11 Å². The minimum absolute atomic E-state index is 0.171. The summed E-state index contributed by atoms with van der Waals surface area (Å²) in [5.74, 6) is 0.405. The number of benzene rings is 1. The van der Waals surface area contributed by atoms with Gasteiger partial charge in [-0.05, 0) is 36.3 Å². The van der Waals surface area contributed by atoms with Gasteiger partial charge in [0, 0.05) is 0 Å². The lowest BCUT2D eigenvalue weighted by atomic mass is 10.1. The highest BCUT2D eigenvalue weighted by Gasteiger charge is 2.28. The number of hydrogen-bond donors (Lipinski definition) is 1. The monoisotopic (exact) mass is 321 g/mol. The average molecular weight is 323 g/mol. The molecule has 0 bridgehead atoms. The number of halogens is 3. The molecule has 1 rings (SSSR count). The standard InChI is InChI=1S/C13H14Cl3NO2/c1-9(7-8-19-12(17)13(14,15)16)10-3-5-11(18-2)6-4-10/h3-7,17H,8H2,1-2H3/b9-7+,17-12?. The maximum atomic E-state index is 7.38. The lowest BCUT2D eigenvalue weighted by Gasteiger charge is -2.12. The Balaban J connectivity index is 2.59. The summed E-state index contributed by atoms with van der Waals surface area (Å²) in [4.78, 5) is 0. The van der Waals surface area contributed by atoms with E-state index in [0.29, 0.717) is 0 Å². The summed E-state index contributed by atoms with van der Waals surface area (Å²) in [5, 5.41) is 7.38. The Morgan fingerprint density at radius 1 is 1.26 bits per heavy atom. The molecular formula is C13H14Cl3NO2. The molecule has 0 fully saturated rings. The smallest absolute Gasteiger partial charge is 0.265 e. The Hall–Kier alpha value is -0.900. The van der Waals surface area contributed by atoms with Gasteiger partial charge in [-0.3, -0.25) is 5.41 Å². The number of hydrogen-bond acceptors (Lipinski definition) is 3. The van der Waals surface area contributed by atoms with Crippen molar-refractivity contribution in [1.29, 1.82) is 5.41 Å². The van der Waals surface area contributed by atoms with Crippen LogP contribution in [-0.2, 0) is 4.74 Å². The summed E-state index contributed by atoms with van der Waals surface area (Å²) in [6.07, 6.45) is 1.81. The first-order valence-corrected chi connectivity index (χ1v) is 6.57. The van der Waals surface area contributed by atoms with Crippen LogP contribution in [0.5, 0.6) is 5.75 Å². The first-order chi connectivity index (χ1) is 8.84. The second kappa shape index (κ2) is 7.04. The summed E-state index contributed by atoms with van der Waals surface area (Å²) in [7, 11) is 1.62. The Morgan fingerprint density at radius 3 is 2.32 bits per heavy atom. The predicted octanol–water partition coefficient (Wildman–Crippen LogP) is 4.46. The van der Waals surface area contributed by atoms with E-state index in [-0.39, 0.29) is 6.61 Å². The largest absolute Gasteiger partial charge is 0.497 e. The summed E-state index contributed by atoms with van der Waals surface area (Å²) in [6, 6.07) is 7.61. The number of allylic oxidation sites excluding steroid dienone is 1. The third-order valence-electron chi connectivity index (χ3n) is 2.42. The van der Waals surface area contributed by atoms with Gasteiger partial charge in [-0.2, -0.15) is 0 Å². The molecule has 0 amide bonds. The summed E-state index contributed by atoms with van der Waals surface area (Å²) in [6.45, 7) is 2.11. The molecule has 0 saturated heterocycles. The molecule has 1 aromatic rings. The molecule has 6 heteroatoms. The normalized spacial score (nSPS) is 12.2. The predicted molar refractivity (Wildman–Crippen MR) is 80.6 cm³/mol. The van der Waals surface area contributed by atoms with Crippen LogP contribution in [0.2, 0.25) is 0 Å². The van der Waals surface area contributed by atoms with Crippen molar-refractivity contribution < 1.29 is 9.47 Å². The Kier molecular flexibility index (Phi) is 5.98. The van der Waals surface area contributed by atoms with Crippen LogP contribution >= 0.6 is 34.8 Å². The van der Waals surface area contributed by atoms with E-state index < -0.39 is 9.69 Å². The van der Waals surface area contributed by atoms with Crippen molar-refractivity contribution in [3.63, 3.8) is 0 Å². The van der Waals surface area contributed by atoms with E-state index in [4.69, 9.17) is 49.7 Å². The first-order valence-electron chi connectivity index (χ1n) is 5.44. The Labute approximate surface area is 127 Å². The zero-order chi connectivity index (χ0) is 14.5. The summed E-state index contributed by atoms with van der Waals surface area (Å²) >= 11 is 16.5. The van der Waals surface area contributed by atoms with E-state index in [1.165, 1.54) is 0 Å². The molecule has 0 saturated carbocycles. The first kappa shape index (κ1) is 16.2. The molecule has 0 unspecified atom stereocenters. The van der Waals surface area contributed by atoms with Crippen molar-refractivity contribution in [3.8, 4) is 5.75 Å². The van der Waals surface area contributed by atoms with Gasteiger partial charge in [0.15, 0.2) is 0 Å². The second-order valence-corrected chi connectivity index (χ2v) is 6.03. The number of ether oxygens (including phenoxy) is 2. The molecular weight excluding hydrogens is 309 g/mol. The fraction of sp³-hybridized carbons (Fsp3) is 0.308. The van der Waals surface area contributed by atoms with Gasteiger partial charge in [-0.15, -0.1) is 0 Å². The van der Waals surface area contributed by atoms with Gasteiger partial charge in [0.1, 0.15) is 12.4 Å². The lowest BCUT2D eigenvalue weighted by molar-refractivity contribution is 0.340. The van der Waals surface area contributed by atoms with Gasteiger partial charge >= 0.3 is 0 Å². The van der Waals surface area contributed by atoms with Crippen LogP contribution in [-0.4, -0.2) is 23.4 Å². The number of nitrogens with one attached hydrogen (secondary N) is 1. The van der Waals surface area contributed by atoms with E-state index >= 15 is 0 Å². The van der Waals surface area contributed by atoms with Gasteiger partial charge in [-0.25, -0.2) is 0 Å². The van der Waals surface area contributed by atoms with Crippen LogP contribution in [0, 0.1) is 5.41 Å².